The maximum Gasteiger partial charge on any atom is 0.330 e. The molecule has 0 aliphatic carbocycles. The van der Waals surface area contributed by atoms with E-state index in [0.717, 1.165) is 15.7 Å². The van der Waals surface area contributed by atoms with Gasteiger partial charge in [0.25, 0.3) is 5.56 Å². The van der Waals surface area contributed by atoms with Crippen LogP contribution >= 0.6 is 0 Å². The second-order valence-corrected chi connectivity index (χ2v) is 10.3. The molecule has 1 aliphatic heterocycles. The lowest BCUT2D eigenvalue weighted by atomic mass is 9.87. The van der Waals surface area contributed by atoms with Crippen LogP contribution in [0.5, 0.6) is 0 Å². The quantitative estimate of drug-likeness (QED) is 0.234. The van der Waals surface area contributed by atoms with Crippen molar-refractivity contribution in [2.75, 3.05) is 6.61 Å². The fraction of sp³-hybridized carbons (Fsp3) is 0.375. The molecule has 3 aromatic rings. The number of esters is 2. The van der Waals surface area contributed by atoms with Crippen molar-refractivity contribution in [2.24, 2.45) is 0 Å². The normalized spacial score (nSPS) is 22.1. The Balaban J connectivity index is 1.86. The van der Waals surface area contributed by atoms with E-state index < -0.39 is 53.3 Å². The van der Waals surface area contributed by atoms with Crippen molar-refractivity contribution in [3.63, 3.8) is 0 Å². The first-order valence-corrected chi connectivity index (χ1v) is 13.9. The maximum atomic E-state index is 13.1. The van der Waals surface area contributed by atoms with Gasteiger partial charge in [-0.2, -0.15) is 0 Å². The van der Waals surface area contributed by atoms with E-state index in [9.17, 15) is 19.2 Å². The topological polar surface area (TPSA) is 135 Å². The van der Waals surface area contributed by atoms with E-state index in [4.69, 9.17) is 23.7 Å². The molecule has 2 aromatic carbocycles. The highest BCUT2D eigenvalue weighted by molar-refractivity contribution is 5.67. The minimum absolute atomic E-state index is 0.0697. The molecule has 1 aromatic heterocycles. The summed E-state index contributed by atoms with van der Waals surface area (Å²) in [6, 6.07) is 18.7. The highest BCUT2D eigenvalue weighted by Crippen LogP contribution is 2.45. The number of hydrogen-bond acceptors (Lipinski definition) is 9. The highest BCUT2D eigenvalue weighted by atomic mass is 16.7. The molecule has 0 amide bonds. The Morgan fingerprint density at radius 3 is 2.23 bits per heavy atom. The zero-order valence-electron chi connectivity index (χ0n) is 24.4. The number of rotatable bonds is 13. The van der Waals surface area contributed by atoms with Crippen molar-refractivity contribution in [2.45, 2.75) is 70.5 Å². The number of hydrogen-bond donors (Lipinski definition) is 1. The molecule has 2 heterocycles. The molecule has 11 heteroatoms. The Bertz CT molecular complexity index is 1520. The van der Waals surface area contributed by atoms with Gasteiger partial charge in [0.1, 0.15) is 12.2 Å². The van der Waals surface area contributed by atoms with Crippen LogP contribution in [-0.2, 0) is 46.5 Å². The largest absolute Gasteiger partial charge is 0.459 e. The Hall–Kier alpha value is -4.32. The molecule has 4 rings (SSSR count). The minimum atomic E-state index is -1.60. The summed E-state index contributed by atoms with van der Waals surface area (Å²) in [6.07, 6.45) is -1.62. The van der Waals surface area contributed by atoms with Crippen LogP contribution in [0.3, 0.4) is 0 Å². The second-order valence-electron chi connectivity index (χ2n) is 10.3. The number of ether oxygens (including phenoxy) is 5. The molecule has 11 nitrogen and oxygen atoms in total. The standard InChI is InChI=1S/C32H36N2O9/c1-5-12-26(41-22(3)35)32(20-39-18-24-13-8-6-9-14-24)28(40-19-25-15-10-7-11-16-25)27(42-23(4)36)30(43-32)34-17-21(2)29(37)33-31(34)38/h5-11,13-17,26-28,30H,1,12,18-20H2,2-4H3,(H,33,37,38)/t26-,27+,28-,30+,32-/m0/s1. The molecule has 1 saturated heterocycles. The zero-order valence-corrected chi connectivity index (χ0v) is 24.4. The number of aryl methyl sites for hydroxylation is 1. The van der Waals surface area contributed by atoms with E-state index >= 15 is 0 Å². The summed E-state index contributed by atoms with van der Waals surface area (Å²) in [5.74, 6) is -1.25. The molecule has 228 valence electrons. The molecule has 0 saturated carbocycles. The lowest BCUT2D eigenvalue weighted by molar-refractivity contribution is -0.215. The molecular formula is C32H36N2O9. The van der Waals surface area contributed by atoms with Crippen molar-refractivity contribution < 1.29 is 33.3 Å². The van der Waals surface area contributed by atoms with E-state index in [0.29, 0.717) is 0 Å². The SMILES string of the molecule is C=CC[C@H](OC(C)=O)[C@]1(COCc2ccccc2)O[C@@H](n2cc(C)c(=O)[nH]c2=O)[C@H](OC(C)=O)[C@@H]1OCc1ccccc1. The molecule has 5 atom stereocenters. The average molecular weight is 593 g/mol. The summed E-state index contributed by atoms with van der Waals surface area (Å²) in [7, 11) is 0. The van der Waals surface area contributed by atoms with Crippen molar-refractivity contribution >= 4 is 11.9 Å². The Morgan fingerprint density at radius 1 is 1.02 bits per heavy atom. The van der Waals surface area contributed by atoms with E-state index in [2.05, 4.69) is 11.6 Å². The first-order valence-electron chi connectivity index (χ1n) is 13.9. The summed E-state index contributed by atoms with van der Waals surface area (Å²) in [6.45, 7) is 7.92. The van der Waals surface area contributed by atoms with Gasteiger partial charge in [0.15, 0.2) is 17.9 Å². The molecule has 1 fully saturated rings. The van der Waals surface area contributed by atoms with Crippen LogP contribution in [0.2, 0.25) is 0 Å². The molecule has 1 aliphatic rings. The minimum Gasteiger partial charge on any atom is -0.459 e. The van der Waals surface area contributed by atoms with Crippen LogP contribution in [0, 0.1) is 6.92 Å². The van der Waals surface area contributed by atoms with Gasteiger partial charge >= 0.3 is 17.6 Å². The average Bonchev–Trinajstić information content (AvgIpc) is 3.27. The lowest BCUT2D eigenvalue weighted by Gasteiger charge is -2.39. The molecule has 43 heavy (non-hydrogen) atoms. The van der Waals surface area contributed by atoms with E-state index in [-0.39, 0.29) is 31.8 Å². The third kappa shape index (κ3) is 7.56. The molecule has 0 unspecified atom stereocenters. The fourth-order valence-electron chi connectivity index (χ4n) is 5.15. The monoisotopic (exact) mass is 592 g/mol. The van der Waals surface area contributed by atoms with Gasteiger partial charge in [-0.15, -0.1) is 6.58 Å². The molecular weight excluding hydrogens is 556 g/mol. The smallest absolute Gasteiger partial charge is 0.330 e. The Kier molecular flexibility index (Phi) is 10.5. The Labute approximate surface area is 249 Å². The zero-order chi connectivity index (χ0) is 31.0. The number of benzene rings is 2. The molecule has 0 spiro atoms. The predicted molar refractivity (Wildman–Crippen MR) is 156 cm³/mol. The van der Waals surface area contributed by atoms with Crippen LogP contribution in [0.4, 0.5) is 0 Å². The fourth-order valence-corrected chi connectivity index (χ4v) is 5.15. The number of H-pyrrole nitrogens is 1. The Morgan fingerprint density at radius 2 is 1.65 bits per heavy atom. The van der Waals surface area contributed by atoms with Gasteiger partial charge in [-0.3, -0.25) is 23.9 Å². The molecule has 0 bridgehead atoms. The first kappa shape index (κ1) is 31.6. The summed E-state index contributed by atoms with van der Waals surface area (Å²) in [5, 5.41) is 0. The molecule has 1 N–H and O–H groups in total. The number of aromatic amines is 1. The predicted octanol–water partition coefficient (Wildman–Crippen LogP) is 3.35. The summed E-state index contributed by atoms with van der Waals surface area (Å²) < 4.78 is 32.1. The van der Waals surface area contributed by atoms with Crippen molar-refractivity contribution in [3.05, 3.63) is 117 Å². The van der Waals surface area contributed by atoms with Gasteiger partial charge in [0.05, 0.1) is 19.8 Å². The van der Waals surface area contributed by atoms with Crippen LogP contribution in [0.1, 0.15) is 43.2 Å². The third-order valence-corrected chi connectivity index (χ3v) is 7.07. The summed E-state index contributed by atoms with van der Waals surface area (Å²) in [4.78, 5) is 52.4. The first-order chi connectivity index (χ1) is 20.6. The van der Waals surface area contributed by atoms with Crippen LogP contribution in [0.25, 0.3) is 0 Å². The van der Waals surface area contributed by atoms with Crippen LogP contribution < -0.4 is 11.2 Å². The van der Waals surface area contributed by atoms with Gasteiger partial charge in [-0.05, 0) is 18.1 Å². The van der Waals surface area contributed by atoms with Gasteiger partial charge < -0.3 is 23.7 Å². The van der Waals surface area contributed by atoms with Crippen molar-refractivity contribution in [1.82, 2.24) is 9.55 Å². The van der Waals surface area contributed by atoms with Gasteiger partial charge in [0.2, 0.25) is 0 Å². The maximum absolute atomic E-state index is 13.1. The van der Waals surface area contributed by atoms with Crippen molar-refractivity contribution in [1.29, 1.82) is 0 Å². The summed E-state index contributed by atoms with van der Waals surface area (Å²) >= 11 is 0. The second kappa shape index (κ2) is 14.2. The van der Waals surface area contributed by atoms with Crippen molar-refractivity contribution in [3.8, 4) is 0 Å². The van der Waals surface area contributed by atoms with Gasteiger partial charge in [-0.1, -0.05) is 66.7 Å². The number of nitrogens with one attached hydrogen (secondary N) is 1. The molecule has 0 radical (unpaired) electrons. The highest BCUT2D eigenvalue weighted by Gasteiger charge is 2.63. The number of carbonyl (C=O) groups is 2. The van der Waals surface area contributed by atoms with Crippen LogP contribution in [0.15, 0.2) is 89.1 Å². The number of carbonyl (C=O) groups excluding carboxylic acids is 2. The van der Waals surface area contributed by atoms with Gasteiger partial charge in [0, 0.05) is 32.0 Å². The van der Waals surface area contributed by atoms with E-state index in [1.54, 1.807) is 6.08 Å². The van der Waals surface area contributed by atoms with E-state index in [1.165, 1.54) is 27.0 Å². The lowest BCUT2D eigenvalue weighted by Crippen LogP contribution is -2.58. The number of aromatic nitrogens is 2. The number of nitrogens with zero attached hydrogens (tertiary/aromatic N) is 1. The summed E-state index contributed by atoms with van der Waals surface area (Å²) in [5.41, 5.74) is -1.03. The van der Waals surface area contributed by atoms with Crippen LogP contribution in [-0.4, -0.2) is 52.0 Å². The van der Waals surface area contributed by atoms with Gasteiger partial charge in [-0.25, -0.2) is 4.79 Å². The third-order valence-electron chi connectivity index (χ3n) is 7.07. The van der Waals surface area contributed by atoms with E-state index in [1.807, 2.05) is 60.7 Å².